The molecule has 96 valence electrons. The zero-order chi connectivity index (χ0) is 13.2. The van der Waals surface area contributed by atoms with E-state index in [0.29, 0.717) is 0 Å². The Bertz CT molecular complexity index is 402. The molecule has 0 saturated carbocycles. The topological polar surface area (TPSA) is 98.6 Å². The molecule has 1 heterocycles. The van der Waals surface area contributed by atoms with E-state index in [-0.39, 0.29) is 11.6 Å². The molecule has 0 spiro atoms. The van der Waals surface area contributed by atoms with Gasteiger partial charge in [0.2, 0.25) is 12.2 Å². The second-order valence-corrected chi connectivity index (χ2v) is 3.15. The fourth-order valence-electron chi connectivity index (χ4n) is 0.852. The number of ether oxygens (including phenoxy) is 1. The van der Waals surface area contributed by atoms with E-state index in [2.05, 4.69) is 9.72 Å². The molecule has 17 heavy (non-hydrogen) atoms. The number of hydrogen-bond acceptors (Lipinski definition) is 6. The highest BCUT2D eigenvalue weighted by Gasteiger charge is 2.42. The monoisotopic (exact) mass is 254 g/mol. The van der Waals surface area contributed by atoms with Crippen molar-refractivity contribution in [2.75, 3.05) is 0 Å². The summed E-state index contributed by atoms with van der Waals surface area (Å²) in [6, 6.07) is -0.603. The van der Waals surface area contributed by atoms with E-state index in [1.165, 1.54) is 6.92 Å². The molecule has 0 fully saturated rings. The molecule has 2 atom stereocenters. The summed E-state index contributed by atoms with van der Waals surface area (Å²) in [5, 5.41) is 9.14. The number of esters is 1. The van der Waals surface area contributed by atoms with Crippen LogP contribution in [0.2, 0.25) is 0 Å². The lowest BCUT2D eigenvalue weighted by Gasteiger charge is -2.10. The second-order valence-electron chi connectivity index (χ2n) is 3.15. The summed E-state index contributed by atoms with van der Waals surface area (Å²) in [5.74, 6) is -2.52. The van der Waals surface area contributed by atoms with Crippen LogP contribution >= 0.6 is 0 Å². The first-order chi connectivity index (χ1) is 7.71. The first-order valence-electron chi connectivity index (χ1n) is 4.38. The van der Waals surface area contributed by atoms with Gasteiger partial charge in [0.05, 0.1) is 6.04 Å². The van der Waals surface area contributed by atoms with Gasteiger partial charge in [0, 0.05) is 0 Å². The minimum absolute atomic E-state index is 0.00195. The van der Waals surface area contributed by atoms with Crippen molar-refractivity contribution in [1.29, 1.82) is 0 Å². The first-order valence-corrected chi connectivity index (χ1v) is 4.38. The molecule has 9 heteroatoms. The molecule has 0 aliphatic rings. The van der Waals surface area contributed by atoms with Crippen LogP contribution in [0.15, 0.2) is 10.7 Å². The number of carbonyl (C=O) groups excluding carboxylic acids is 1. The molecular weight excluding hydrogens is 245 g/mol. The highest BCUT2D eigenvalue weighted by atomic mass is 19.4. The maximum Gasteiger partial charge on any atom is 0.491 e. The van der Waals surface area contributed by atoms with Crippen molar-refractivity contribution >= 4 is 5.97 Å². The fraction of sp³-hybridized carbons (Fsp3) is 0.500. The minimum Gasteiger partial charge on any atom is -0.447 e. The standard InChI is InChI=1S/C8H9F3N2O4/c1-3(12)5-13-4(2-16-5)6(14)17-7(15)8(9,10)11/h2-3,6,14H,12H2,1H3/t3-,6?/m1/s1. The Balaban J connectivity index is 2.70. The number of aromatic nitrogens is 1. The number of aliphatic hydroxyl groups is 1. The molecule has 1 unspecified atom stereocenters. The van der Waals surface area contributed by atoms with Crippen LogP contribution < -0.4 is 5.73 Å². The Kier molecular flexibility index (Phi) is 3.73. The van der Waals surface area contributed by atoms with Crippen molar-refractivity contribution in [2.45, 2.75) is 25.4 Å². The van der Waals surface area contributed by atoms with Crippen LogP contribution in [-0.4, -0.2) is 22.2 Å². The predicted molar refractivity (Wildman–Crippen MR) is 46.2 cm³/mol. The maximum absolute atomic E-state index is 11.8. The number of aliphatic hydroxyl groups excluding tert-OH is 1. The summed E-state index contributed by atoms with van der Waals surface area (Å²) in [5.41, 5.74) is 5.01. The summed E-state index contributed by atoms with van der Waals surface area (Å²) >= 11 is 0. The third kappa shape index (κ3) is 3.43. The zero-order valence-corrected chi connectivity index (χ0v) is 8.56. The lowest BCUT2D eigenvalue weighted by Crippen LogP contribution is -2.27. The van der Waals surface area contributed by atoms with E-state index in [1.807, 2.05) is 0 Å². The summed E-state index contributed by atoms with van der Waals surface area (Å²) < 4.78 is 43.9. The van der Waals surface area contributed by atoms with Gasteiger partial charge in [-0.15, -0.1) is 0 Å². The van der Waals surface area contributed by atoms with Crippen LogP contribution in [0.3, 0.4) is 0 Å². The highest BCUT2D eigenvalue weighted by Crippen LogP contribution is 2.22. The van der Waals surface area contributed by atoms with Crippen molar-refractivity contribution in [3.63, 3.8) is 0 Å². The number of nitrogens with two attached hydrogens (primary N) is 1. The van der Waals surface area contributed by atoms with E-state index >= 15 is 0 Å². The smallest absolute Gasteiger partial charge is 0.447 e. The van der Waals surface area contributed by atoms with Gasteiger partial charge in [0.1, 0.15) is 12.0 Å². The quantitative estimate of drug-likeness (QED) is 0.611. The second kappa shape index (κ2) is 4.72. The number of hydrogen-bond donors (Lipinski definition) is 2. The third-order valence-corrected chi connectivity index (χ3v) is 1.63. The van der Waals surface area contributed by atoms with Gasteiger partial charge in [-0.2, -0.15) is 13.2 Å². The van der Waals surface area contributed by atoms with Crippen LogP contribution in [0.4, 0.5) is 13.2 Å². The lowest BCUT2D eigenvalue weighted by molar-refractivity contribution is -0.221. The summed E-state index contributed by atoms with van der Waals surface area (Å²) in [6.45, 7) is 1.52. The third-order valence-electron chi connectivity index (χ3n) is 1.63. The Morgan fingerprint density at radius 2 is 2.24 bits per heavy atom. The molecule has 0 aliphatic heterocycles. The molecule has 0 aromatic carbocycles. The Hall–Kier alpha value is -1.61. The van der Waals surface area contributed by atoms with Crippen molar-refractivity contribution in [1.82, 2.24) is 4.98 Å². The number of alkyl halides is 3. The molecule has 0 saturated heterocycles. The van der Waals surface area contributed by atoms with Gasteiger partial charge in [0.15, 0.2) is 0 Å². The molecule has 0 amide bonds. The van der Waals surface area contributed by atoms with E-state index in [0.717, 1.165) is 6.26 Å². The molecule has 3 N–H and O–H groups in total. The van der Waals surface area contributed by atoms with Crippen LogP contribution in [-0.2, 0) is 9.53 Å². The Labute approximate surface area is 93.2 Å². The normalized spacial score (nSPS) is 15.4. The maximum atomic E-state index is 11.8. The van der Waals surface area contributed by atoms with E-state index in [4.69, 9.17) is 15.3 Å². The average Bonchev–Trinajstić information content (AvgIpc) is 2.64. The van der Waals surface area contributed by atoms with Crippen LogP contribution in [0.5, 0.6) is 0 Å². The minimum atomic E-state index is -5.19. The van der Waals surface area contributed by atoms with Crippen LogP contribution in [0.1, 0.15) is 30.8 Å². The van der Waals surface area contributed by atoms with Gasteiger partial charge in [-0.25, -0.2) is 9.78 Å². The van der Waals surface area contributed by atoms with Gasteiger partial charge in [0.25, 0.3) is 0 Å². The zero-order valence-electron chi connectivity index (χ0n) is 8.56. The molecule has 1 aromatic heterocycles. The van der Waals surface area contributed by atoms with E-state index < -0.39 is 24.5 Å². The predicted octanol–water partition coefficient (Wildman–Crippen LogP) is 0.791. The van der Waals surface area contributed by atoms with Gasteiger partial charge in [-0.3, -0.25) is 0 Å². The molecule has 1 rings (SSSR count). The Morgan fingerprint density at radius 3 is 2.65 bits per heavy atom. The van der Waals surface area contributed by atoms with Crippen molar-refractivity contribution in [2.24, 2.45) is 5.73 Å². The highest BCUT2D eigenvalue weighted by molar-refractivity contribution is 5.75. The number of nitrogens with zero attached hydrogens (tertiary/aromatic N) is 1. The summed E-state index contributed by atoms with van der Waals surface area (Å²) in [4.78, 5) is 14.0. The largest absolute Gasteiger partial charge is 0.491 e. The molecule has 0 radical (unpaired) electrons. The van der Waals surface area contributed by atoms with Gasteiger partial charge in [-0.05, 0) is 6.92 Å². The fourth-order valence-corrected chi connectivity index (χ4v) is 0.852. The van der Waals surface area contributed by atoms with Gasteiger partial charge in [-0.1, -0.05) is 0 Å². The summed E-state index contributed by atoms with van der Waals surface area (Å²) in [7, 11) is 0. The van der Waals surface area contributed by atoms with Crippen LogP contribution in [0.25, 0.3) is 0 Å². The van der Waals surface area contributed by atoms with Crippen molar-refractivity contribution in [3.05, 3.63) is 17.8 Å². The van der Waals surface area contributed by atoms with Crippen molar-refractivity contribution < 1.29 is 32.2 Å². The van der Waals surface area contributed by atoms with E-state index in [9.17, 15) is 18.0 Å². The lowest BCUT2D eigenvalue weighted by atomic mass is 10.4. The first kappa shape index (κ1) is 13.5. The summed E-state index contributed by atoms with van der Waals surface area (Å²) in [6.07, 6.45) is -6.48. The molecule has 1 aromatic rings. The van der Waals surface area contributed by atoms with Crippen LogP contribution in [0, 0.1) is 0 Å². The number of carbonyl (C=O) groups is 1. The SMILES string of the molecule is C[C@@H](N)c1nc(C(O)OC(=O)C(F)(F)F)co1. The molecular formula is C8H9F3N2O4. The number of halogens is 3. The molecule has 0 aliphatic carbocycles. The van der Waals surface area contributed by atoms with E-state index in [1.54, 1.807) is 0 Å². The van der Waals surface area contributed by atoms with Gasteiger partial charge >= 0.3 is 12.1 Å². The van der Waals surface area contributed by atoms with Crippen molar-refractivity contribution in [3.8, 4) is 0 Å². The number of oxazole rings is 1. The average molecular weight is 254 g/mol. The number of rotatable bonds is 3. The Morgan fingerprint density at radius 1 is 1.65 bits per heavy atom. The molecule has 6 nitrogen and oxygen atoms in total. The van der Waals surface area contributed by atoms with Gasteiger partial charge < -0.3 is 20.0 Å². The molecule has 0 bridgehead atoms.